The Morgan fingerprint density at radius 1 is 1.24 bits per heavy atom. The first-order valence-corrected chi connectivity index (χ1v) is 7.27. The van der Waals surface area contributed by atoms with Crippen molar-refractivity contribution in [3.8, 4) is 0 Å². The number of hydrogen-bond acceptors (Lipinski definition) is 3. The Bertz CT molecular complexity index is 758. The fraction of sp³-hybridized carbons (Fsp3) is 0.294. The molecule has 2 heterocycles. The number of rotatable bonds is 4. The summed E-state index contributed by atoms with van der Waals surface area (Å²) in [6.45, 7) is 7.40. The Morgan fingerprint density at radius 2 is 2.10 bits per heavy atom. The molecule has 21 heavy (non-hydrogen) atoms. The van der Waals surface area contributed by atoms with E-state index < -0.39 is 0 Å². The Balaban J connectivity index is 1.91. The van der Waals surface area contributed by atoms with Crippen LogP contribution in [0.3, 0.4) is 0 Å². The van der Waals surface area contributed by atoms with Gasteiger partial charge in [0.2, 0.25) is 5.95 Å². The maximum atomic E-state index is 4.58. The van der Waals surface area contributed by atoms with Gasteiger partial charge >= 0.3 is 0 Å². The molecule has 0 spiro atoms. The van der Waals surface area contributed by atoms with Gasteiger partial charge in [0.15, 0.2) is 0 Å². The quantitative estimate of drug-likeness (QED) is 0.781. The zero-order valence-electron chi connectivity index (χ0n) is 12.7. The fourth-order valence-corrected chi connectivity index (χ4v) is 2.46. The van der Waals surface area contributed by atoms with Gasteiger partial charge in [-0.2, -0.15) is 0 Å². The number of nitrogens with one attached hydrogen (secondary N) is 1. The van der Waals surface area contributed by atoms with Crippen molar-refractivity contribution in [1.82, 2.24) is 14.5 Å². The predicted molar refractivity (Wildman–Crippen MR) is 86.8 cm³/mol. The lowest BCUT2D eigenvalue weighted by molar-refractivity contribution is 0.527. The van der Waals surface area contributed by atoms with Crippen LogP contribution in [0.15, 0.2) is 42.7 Å². The number of aryl methyl sites for hydroxylation is 1. The molecule has 0 unspecified atom stereocenters. The summed E-state index contributed by atoms with van der Waals surface area (Å²) < 4.78 is 2.17. The van der Waals surface area contributed by atoms with Crippen LogP contribution in [-0.2, 0) is 6.54 Å². The van der Waals surface area contributed by atoms with Gasteiger partial charge in [-0.25, -0.2) is 4.98 Å². The second-order valence-corrected chi connectivity index (χ2v) is 5.79. The largest absolute Gasteiger partial charge is 0.326 e. The molecule has 0 aliphatic rings. The van der Waals surface area contributed by atoms with E-state index in [-0.39, 0.29) is 0 Å². The monoisotopic (exact) mass is 280 g/mol. The number of pyridine rings is 1. The average Bonchev–Trinajstić information content (AvgIpc) is 2.77. The van der Waals surface area contributed by atoms with Gasteiger partial charge in [0.1, 0.15) is 0 Å². The third-order valence-corrected chi connectivity index (χ3v) is 3.32. The van der Waals surface area contributed by atoms with E-state index in [1.54, 1.807) is 0 Å². The molecular formula is C17H20N4. The van der Waals surface area contributed by atoms with Crippen molar-refractivity contribution in [2.75, 3.05) is 5.32 Å². The summed E-state index contributed by atoms with van der Waals surface area (Å²) in [5, 5.41) is 4.54. The number of fused-ring (bicyclic) bond motifs is 1. The minimum absolute atomic E-state index is 0.583. The van der Waals surface area contributed by atoms with Gasteiger partial charge in [-0.1, -0.05) is 19.9 Å². The van der Waals surface area contributed by atoms with E-state index in [0.717, 1.165) is 34.8 Å². The highest BCUT2D eigenvalue weighted by atomic mass is 15.2. The number of aromatic nitrogens is 3. The molecule has 4 heteroatoms. The first-order valence-electron chi connectivity index (χ1n) is 7.27. The highest BCUT2D eigenvalue weighted by Crippen LogP contribution is 2.21. The molecule has 0 fully saturated rings. The topological polar surface area (TPSA) is 42.7 Å². The van der Waals surface area contributed by atoms with Crippen molar-refractivity contribution in [2.45, 2.75) is 27.3 Å². The van der Waals surface area contributed by atoms with Crippen molar-refractivity contribution >= 4 is 22.5 Å². The molecule has 0 bridgehead atoms. The molecule has 0 amide bonds. The number of nitrogens with zero attached hydrogens (tertiary/aromatic N) is 3. The number of benzene rings is 1. The van der Waals surface area contributed by atoms with E-state index in [1.807, 2.05) is 31.3 Å². The summed E-state index contributed by atoms with van der Waals surface area (Å²) in [5.74, 6) is 1.48. The fourth-order valence-electron chi connectivity index (χ4n) is 2.46. The van der Waals surface area contributed by atoms with Crippen molar-refractivity contribution in [2.24, 2.45) is 5.92 Å². The van der Waals surface area contributed by atoms with Gasteiger partial charge in [-0.15, -0.1) is 0 Å². The lowest BCUT2D eigenvalue weighted by Gasteiger charge is -2.12. The first kappa shape index (κ1) is 13.6. The first-order chi connectivity index (χ1) is 10.1. The van der Waals surface area contributed by atoms with Crippen molar-refractivity contribution in [3.63, 3.8) is 0 Å². The molecule has 1 aromatic carbocycles. The second-order valence-electron chi connectivity index (χ2n) is 5.79. The van der Waals surface area contributed by atoms with E-state index in [0.29, 0.717) is 5.92 Å². The summed E-state index contributed by atoms with van der Waals surface area (Å²) in [4.78, 5) is 8.92. The highest BCUT2D eigenvalue weighted by Gasteiger charge is 2.08. The summed E-state index contributed by atoms with van der Waals surface area (Å²) in [6, 6.07) is 10.2. The highest BCUT2D eigenvalue weighted by molar-refractivity contribution is 5.82. The van der Waals surface area contributed by atoms with E-state index in [4.69, 9.17) is 0 Å². The Labute approximate surface area is 124 Å². The molecule has 0 saturated carbocycles. The summed E-state index contributed by atoms with van der Waals surface area (Å²) >= 11 is 0. The maximum Gasteiger partial charge on any atom is 0.207 e. The van der Waals surface area contributed by atoms with Crippen LogP contribution in [0, 0.1) is 12.8 Å². The molecule has 0 atom stereocenters. The van der Waals surface area contributed by atoms with Crippen molar-refractivity contribution in [1.29, 1.82) is 0 Å². The van der Waals surface area contributed by atoms with Gasteiger partial charge in [-0.3, -0.25) is 4.98 Å². The normalized spacial score (nSPS) is 11.2. The van der Waals surface area contributed by atoms with Crippen LogP contribution in [0.25, 0.3) is 10.9 Å². The van der Waals surface area contributed by atoms with Crippen LogP contribution in [0.1, 0.15) is 19.5 Å². The van der Waals surface area contributed by atoms with Gasteiger partial charge in [0, 0.05) is 30.0 Å². The lowest BCUT2D eigenvalue weighted by atomic mass is 10.2. The molecule has 3 aromatic rings. The van der Waals surface area contributed by atoms with Gasteiger partial charge < -0.3 is 9.88 Å². The smallest absolute Gasteiger partial charge is 0.207 e. The van der Waals surface area contributed by atoms with Crippen LogP contribution in [-0.4, -0.2) is 14.5 Å². The predicted octanol–water partition coefficient (Wildman–Crippen LogP) is 4.14. The Kier molecular flexibility index (Phi) is 3.60. The average molecular weight is 280 g/mol. The summed E-state index contributed by atoms with van der Waals surface area (Å²) in [6.07, 6.45) is 3.90. The molecule has 3 rings (SSSR count). The number of imidazole rings is 1. The van der Waals surface area contributed by atoms with Gasteiger partial charge in [-0.05, 0) is 37.1 Å². The Morgan fingerprint density at radius 3 is 2.90 bits per heavy atom. The molecule has 4 nitrogen and oxygen atoms in total. The molecule has 0 radical (unpaired) electrons. The van der Waals surface area contributed by atoms with Crippen LogP contribution in [0.4, 0.5) is 11.6 Å². The Hall–Kier alpha value is -2.36. The molecule has 1 N–H and O–H groups in total. The second kappa shape index (κ2) is 5.56. The number of anilines is 2. The SMILES string of the molecule is Cc1cn(CC(C)C)c(Nc2ccc3ncccc3c2)n1. The standard InChI is InChI=1S/C17H20N4/c1-12(2)10-21-11-13(3)19-17(21)20-15-6-7-16-14(9-15)5-4-8-18-16/h4-9,11-12H,10H2,1-3H3,(H,19,20). The molecule has 0 saturated heterocycles. The third-order valence-electron chi connectivity index (χ3n) is 3.32. The minimum Gasteiger partial charge on any atom is -0.326 e. The minimum atomic E-state index is 0.583. The van der Waals surface area contributed by atoms with Crippen molar-refractivity contribution < 1.29 is 0 Å². The van der Waals surface area contributed by atoms with Crippen LogP contribution < -0.4 is 5.32 Å². The van der Waals surface area contributed by atoms with Crippen LogP contribution >= 0.6 is 0 Å². The van der Waals surface area contributed by atoms with E-state index in [1.165, 1.54) is 0 Å². The third kappa shape index (κ3) is 3.05. The molecular weight excluding hydrogens is 260 g/mol. The molecule has 2 aromatic heterocycles. The van der Waals surface area contributed by atoms with E-state index in [9.17, 15) is 0 Å². The number of hydrogen-bond donors (Lipinski definition) is 1. The van der Waals surface area contributed by atoms with Crippen LogP contribution in [0.2, 0.25) is 0 Å². The van der Waals surface area contributed by atoms with E-state index in [2.05, 4.69) is 52.0 Å². The van der Waals surface area contributed by atoms with Crippen LogP contribution in [0.5, 0.6) is 0 Å². The van der Waals surface area contributed by atoms with Crippen molar-refractivity contribution in [3.05, 3.63) is 48.4 Å². The lowest BCUT2D eigenvalue weighted by Crippen LogP contribution is -2.07. The summed E-state index contributed by atoms with van der Waals surface area (Å²) in [5.41, 5.74) is 3.07. The maximum absolute atomic E-state index is 4.58. The molecule has 108 valence electrons. The van der Waals surface area contributed by atoms with E-state index >= 15 is 0 Å². The van der Waals surface area contributed by atoms with Gasteiger partial charge in [0.05, 0.1) is 11.2 Å². The van der Waals surface area contributed by atoms with Gasteiger partial charge in [0.25, 0.3) is 0 Å². The molecule has 0 aliphatic carbocycles. The zero-order chi connectivity index (χ0) is 14.8. The molecule has 0 aliphatic heterocycles. The summed E-state index contributed by atoms with van der Waals surface area (Å²) in [7, 11) is 0. The zero-order valence-corrected chi connectivity index (χ0v) is 12.7.